The maximum absolute atomic E-state index is 11.5. The van der Waals surface area contributed by atoms with Gasteiger partial charge in [-0.3, -0.25) is 14.5 Å². The zero-order valence-corrected chi connectivity index (χ0v) is 8.36. The maximum atomic E-state index is 11.5. The molecule has 0 aromatic carbocycles. The van der Waals surface area contributed by atoms with Gasteiger partial charge in [-0.25, -0.2) is 4.79 Å². The number of carbonyl (C=O) groups excluding carboxylic acids is 2. The standard InChI is InChI=1S/C8H8N2O4S/c11-3-9-5-6(12)10-4(8(13)14)1-2-15-7(5)10/h1,3,5,7H,2H2,(H,9,11)(H,13,14)/t5?,7-/m0/s1. The fourth-order valence-corrected chi connectivity index (χ4v) is 2.84. The fourth-order valence-electron chi connectivity index (χ4n) is 1.63. The molecule has 1 saturated heterocycles. The summed E-state index contributed by atoms with van der Waals surface area (Å²) < 4.78 is 0. The van der Waals surface area contributed by atoms with Crippen LogP contribution in [0.5, 0.6) is 0 Å². The van der Waals surface area contributed by atoms with Gasteiger partial charge in [-0.15, -0.1) is 11.8 Å². The van der Waals surface area contributed by atoms with Crippen LogP contribution < -0.4 is 5.32 Å². The summed E-state index contributed by atoms with van der Waals surface area (Å²) in [4.78, 5) is 33.7. The lowest BCUT2D eigenvalue weighted by Gasteiger charge is -2.47. The van der Waals surface area contributed by atoms with Crippen LogP contribution >= 0.6 is 11.8 Å². The molecule has 2 N–H and O–H groups in total. The molecule has 0 aliphatic carbocycles. The van der Waals surface area contributed by atoms with Gasteiger partial charge in [0.05, 0.1) is 0 Å². The largest absolute Gasteiger partial charge is 0.477 e. The Balaban J connectivity index is 2.19. The van der Waals surface area contributed by atoms with Crippen molar-refractivity contribution in [3.63, 3.8) is 0 Å². The minimum Gasteiger partial charge on any atom is -0.477 e. The number of nitrogens with one attached hydrogen (secondary N) is 1. The van der Waals surface area contributed by atoms with Crippen molar-refractivity contribution in [3.05, 3.63) is 11.8 Å². The number of rotatable bonds is 3. The number of aliphatic carboxylic acids is 1. The molecule has 15 heavy (non-hydrogen) atoms. The van der Waals surface area contributed by atoms with Gasteiger partial charge in [0.2, 0.25) is 6.41 Å². The molecule has 80 valence electrons. The number of carbonyl (C=O) groups is 3. The maximum Gasteiger partial charge on any atom is 0.352 e. The lowest BCUT2D eigenvalue weighted by Crippen LogP contribution is -2.69. The van der Waals surface area contributed by atoms with Crippen LogP contribution in [0, 0.1) is 0 Å². The molecule has 2 rings (SSSR count). The number of carboxylic acid groups (broad SMARTS) is 1. The van der Waals surface area contributed by atoms with Gasteiger partial charge in [0, 0.05) is 5.75 Å². The van der Waals surface area contributed by atoms with Gasteiger partial charge in [0.15, 0.2) is 0 Å². The summed E-state index contributed by atoms with van der Waals surface area (Å²) in [5.74, 6) is -0.946. The van der Waals surface area contributed by atoms with Gasteiger partial charge < -0.3 is 10.4 Å². The Labute approximate surface area is 89.3 Å². The van der Waals surface area contributed by atoms with Crippen molar-refractivity contribution in [2.24, 2.45) is 0 Å². The van der Waals surface area contributed by atoms with E-state index in [2.05, 4.69) is 5.32 Å². The number of fused-ring (bicyclic) bond motifs is 1. The number of hydrogen-bond acceptors (Lipinski definition) is 4. The molecule has 2 aliphatic heterocycles. The SMILES string of the molecule is O=CNC1C(=O)N2C(C(=O)O)=CCS[C@@H]12. The predicted octanol–water partition coefficient (Wildman–Crippen LogP) is -1.02. The Bertz CT molecular complexity index is 368. The fraction of sp³-hybridized carbons (Fsp3) is 0.375. The van der Waals surface area contributed by atoms with E-state index in [-0.39, 0.29) is 17.0 Å². The second-order valence-corrected chi connectivity index (χ2v) is 4.24. The zero-order valence-electron chi connectivity index (χ0n) is 7.54. The first-order valence-corrected chi connectivity index (χ1v) is 5.29. The van der Waals surface area contributed by atoms with Crippen LogP contribution in [0.3, 0.4) is 0 Å². The average molecular weight is 228 g/mol. The van der Waals surface area contributed by atoms with Crippen molar-refractivity contribution < 1.29 is 19.5 Å². The molecule has 6 nitrogen and oxygen atoms in total. The second-order valence-electron chi connectivity index (χ2n) is 3.09. The first kappa shape index (κ1) is 10.0. The molecule has 0 saturated carbocycles. The van der Waals surface area contributed by atoms with Crippen LogP contribution in [-0.2, 0) is 14.4 Å². The molecule has 2 aliphatic rings. The zero-order chi connectivity index (χ0) is 11.0. The van der Waals surface area contributed by atoms with Crippen molar-refractivity contribution in [1.29, 1.82) is 0 Å². The van der Waals surface area contributed by atoms with E-state index < -0.39 is 12.0 Å². The third-order valence-corrected chi connectivity index (χ3v) is 3.50. The third-order valence-electron chi connectivity index (χ3n) is 2.31. The van der Waals surface area contributed by atoms with Crippen molar-refractivity contribution in [2.45, 2.75) is 11.4 Å². The first-order chi connectivity index (χ1) is 7.16. The molecular formula is C8H8N2O4S. The van der Waals surface area contributed by atoms with E-state index in [0.717, 1.165) is 0 Å². The number of amides is 2. The van der Waals surface area contributed by atoms with Gasteiger partial charge in [0.25, 0.3) is 5.91 Å². The van der Waals surface area contributed by atoms with Gasteiger partial charge in [0.1, 0.15) is 17.1 Å². The highest BCUT2D eigenvalue weighted by atomic mass is 32.2. The van der Waals surface area contributed by atoms with Crippen LogP contribution in [-0.4, -0.2) is 45.5 Å². The van der Waals surface area contributed by atoms with Crippen LogP contribution in [0.15, 0.2) is 11.8 Å². The molecule has 1 unspecified atom stereocenters. The lowest BCUT2D eigenvalue weighted by atomic mass is 10.1. The quantitative estimate of drug-likeness (QED) is 0.477. The summed E-state index contributed by atoms with van der Waals surface area (Å²) in [5.41, 5.74) is 0.00713. The molecule has 2 amide bonds. The monoisotopic (exact) mass is 228 g/mol. The summed E-state index contributed by atoms with van der Waals surface area (Å²) in [5, 5.41) is 10.9. The Morgan fingerprint density at radius 3 is 3.07 bits per heavy atom. The predicted molar refractivity (Wildman–Crippen MR) is 51.8 cm³/mol. The van der Waals surface area contributed by atoms with E-state index in [1.165, 1.54) is 22.7 Å². The number of thioether (sulfide) groups is 1. The number of nitrogens with zero attached hydrogens (tertiary/aromatic N) is 1. The molecule has 0 aromatic heterocycles. The minimum absolute atomic E-state index is 0.00713. The van der Waals surface area contributed by atoms with Gasteiger partial charge >= 0.3 is 5.97 Å². The topological polar surface area (TPSA) is 86.7 Å². The van der Waals surface area contributed by atoms with Crippen molar-refractivity contribution in [1.82, 2.24) is 10.2 Å². The lowest BCUT2D eigenvalue weighted by molar-refractivity contribution is -0.149. The van der Waals surface area contributed by atoms with Gasteiger partial charge in [-0.05, 0) is 6.08 Å². The number of β-lactam (4-membered cyclic amide) rings is 1. The molecule has 0 aromatic rings. The molecule has 2 atom stereocenters. The molecule has 0 radical (unpaired) electrons. The van der Waals surface area contributed by atoms with Gasteiger partial charge in [-0.1, -0.05) is 0 Å². The van der Waals surface area contributed by atoms with E-state index in [4.69, 9.17) is 5.11 Å². The molecule has 0 bridgehead atoms. The first-order valence-electron chi connectivity index (χ1n) is 4.24. The Morgan fingerprint density at radius 2 is 2.47 bits per heavy atom. The average Bonchev–Trinajstić information content (AvgIpc) is 2.24. The molecule has 0 spiro atoms. The highest BCUT2D eigenvalue weighted by Crippen LogP contribution is 2.37. The highest BCUT2D eigenvalue weighted by molar-refractivity contribution is 8.00. The van der Waals surface area contributed by atoms with E-state index >= 15 is 0 Å². The Morgan fingerprint density at radius 1 is 1.73 bits per heavy atom. The summed E-state index contributed by atoms with van der Waals surface area (Å²) in [6.45, 7) is 0. The molecule has 2 heterocycles. The van der Waals surface area contributed by atoms with Crippen LogP contribution in [0.1, 0.15) is 0 Å². The van der Waals surface area contributed by atoms with E-state index in [1.807, 2.05) is 0 Å². The van der Waals surface area contributed by atoms with Crippen LogP contribution in [0.2, 0.25) is 0 Å². The highest BCUT2D eigenvalue weighted by Gasteiger charge is 2.51. The molecule has 7 heteroatoms. The van der Waals surface area contributed by atoms with Crippen LogP contribution in [0.25, 0.3) is 0 Å². The van der Waals surface area contributed by atoms with E-state index in [0.29, 0.717) is 12.2 Å². The smallest absolute Gasteiger partial charge is 0.352 e. The Kier molecular flexibility index (Phi) is 2.39. The third kappa shape index (κ3) is 1.39. The van der Waals surface area contributed by atoms with Crippen LogP contribution in [0.4, 0.5) is 0 Å². The second kappa shape index (κ2) is 3.58. The Hall–Kier alpha value is -1.50. The number of hydrogen-bond donors (Lipinski definition) is 2. The van der Waals surface area contributed by atoms with E-state index in [9.17, 15) is 14.4 Å². The summed E-state index contributed by atoms with van der Waals surface area (Å²) >= 11 is 1.43. The summed E-state index contributed by atoms with van der Waals surface area (Å²) in [6, 6.07) is -0.587. The van der Waals surface area contributed by atoms with Crippen molar-refractivity contribution in [2.75, 3.05) is 5.75 Å². The number of carboxylic acids is 1. The summed E-state index contributed by atoms with van der Waals surface area (Å²) in [6.07, 6.45) is 1.96. The molecule has 1 fully saturated rings. The van der Waals surface area contributed by atoms with Crippen molar-refractivity contribution in [3.8, 4) is 0 Å². The van der Waals surface area contributed by atoms with E-state index in [1.54, 1.807) is 0 Å². The normalized spacial score (nSPS) is 28.7. The summed E-state index contributed by atoms with van der Waals surface area (Å²) in [7, 11) is 0. The van der Waals surface area contributed by atoms with Crippen molar-refractivity contribution >= 4 is 30.0 Å². The molecular weight excluding hydrogens is 220 g/mol. The minimum atomic E-state index is -1.11. The van der Waals surface area contributed by atoms with Gasteiger partial charge in [-0.2, -0.15) is 0 Å².